The summed E-state index contributed by atoms with van der Waals surface area (Å²) < 4.78 is 50.7. The first-order chi connectivity index (χ1) is 12.0. The largest absolute Gasteiger partial charge is 0.494 e. The van der Waals surface area contributed by atoms with Gasteiger partial charge in [-0.15, -0.1) is 0 Å². The molecule has 2 aromatic rings. The number of alkyl halides is 3. The van der Waals surface area contributed by atoms with Crippen LogP contribution in [0.3, 0.4) is 0 Å². The van der Waals surface area contributed by atoms with Crippen molar-refractivity contribution < 1.29 is 22.6 Å². The third kappa shape index (κ3) is 5.85. The number of allylic oxidation sites excluding steroid dienone is 1. The van der Waals surface area contributed by atoms with Crippen LogP contribution in [0.2, 0.25) is 0 Å². The Bertz CT molecular complexity index is 664. The molecular weight excluding hydrogens is 329 g/mol. The summed E-state index contributed by atoms with van der Waals surface area (Å²) in [6.07, 6.45) is 1.30. The highest BCUT2D eigenvalue weighted by atomic mass is 19.3. The van der Waals surface area contributed by atoms with Gasteiger partial charge in [0, 0.05) is 0 Å². The molecular formula is C20H21F3O2. The molecule has 0 fully saturated rings. The monoisotopic (exact) mass is 350 g/mol. The molecule has 0 atom stereocenters. The minimum atomic E-state index is -3.45. The molecule has 5 heteroatoms. The van der Waals surface area contributed by atoms with Crippen molar-refractivity contribution >= 4 is 6.08 Å². The lowest BCUT2D eigenvalue weighted by atomic mass is 10.2. The number of rotatable bonds is 9. The van der Waals surface area contributed by atoms with E-state index < -0.39 is 6.11 Å². The van der Waals surface area contributed by atoms with E-state index in [1.54, 1.807) is 12.1 Å². The number of ether oxygens (including phenoxy) is 2. The highest BCUT2D eigenvalue weighted by Crippen LogP contribution is 2.32. The quantitative estimate of drug-likeness (QED) is 0.518. The SMILES string of the molecule is C/C=C/c1ccc(OC(F)(F)c2ccc(OCCCCF)cc2)cc1. The van der Waals surface area contributed by atoms with Crippen molar-refractivity contribution in [3.63, 3.8) is 0 Å². The lowest BCUT2D eigenvalue weighted by molar-refractivity contribution is -0.185. The van der Waals surface area contributed by atoms with Crippen molar-refractivity contribution in [2.45, 2.75) is 25.9 Å². The summed E-state index contributed by atoms with van der Waals surface area (Å²) in [6.45, 7) is 1.85. The Labute approximate surface area is 145 Å². The van der Waals surface area contributed by atoms with Gasteiger partial charge in [-0.1, -0.05) is 24.3 Å². The minimum absolute atomic E-state index is 0.0878. The van der Waals surface area contributed by atoms with Crippen molar-refractivity contribution in [2.24, 2.45) is 0 Å². The minimum Gasteiger partial charge on any atom is -0.494 e. The maximum Gasteiger partial charge on any atom is 0.426 e. The van der Waals surface area contributed by atoms with Crippen molar-refractivity contribution in [2.75, 3.05) is 13.3 Å². The van der Waals surface area contributed by atoms with E-state index in [-0.39, 0.29) is 18.0 Å². The molecule has 25 heavy (non-hydrogen) atoms. The summed E-state index contributed by atoms with van der Waals surface area (Å²) in [6, 6.07) is 11.9. The molecule has 0 saturated heterocycles. The zero-order valence-electron chi connectivity index (χ0n) is 14.1. The number of hydrogen-bond acceptors (Lipinski definition) is 2. The summed E-state index contributed by atoms with van der Waals surface area (Å²) in [5.41, 5.74) is 0.647. The molecule has 0 spiro atoms. The van der Waals surface area contributed by atoms with E-state index in [0.717, 1.165) is 5.56 Å². The maximum atomic E-state index is 14.3. The Balaban J connectivity index is 1.98. The molecule has 0 aliphatic rings. The molecule has 0 radical (unpaired) electrons. The third-order valence-electron chi connectivity index (χ3n) is 3.47. The van der Waals surface area contributed by atoms with Crippen LogP contribution in [-0.4, -0.2) is 13.3 Å². The maximum absolute atomic E-state index is 14.3. The fourth-order valence-corrected chi connectivity index (χ4v) is 2.18. The molecule has 2 rings (SSSR count). The smallest absolute Gasteiger partial charge is 0.426 e. The van der Waals surface area contributed by atoms with Crippen molar-refractivity contribution in [3.05, 3.63) is 65.7 Å². The highest BCUT2D eigenvalue weighted by Gasteiger charge is 2.34. The van der Waals surface area contributed by atoms with E-state index >= 15 is 0 Å². The highest BCUT2D eigenvalue weighted by molar-refractivity contribution is 5.50. The number of halogens is 3. The van der Waals surface area contributed by atoms with Gasteiger partial charge in [0.05, 0.1) is 18.8 Å². The molecule has 134 valence electrons. The predicted octanol–water partition coefficient (Wildman–Crippen LogP) is 5.98. The van der Waals surface area contributed by atoms with Crippen LogP contribution in [0.1, 0.15) is 30.9 Å². The van der Waals surface area contributed by atoms with Crippen molar-refractivity contribution in [1.82, 2.24) is 0 Å². The van der Waals surface area contributed by atoms with E-state index in [1.807, 2.05) is 19.1 Å². The van der Waals surface area contributed by atoms with Gasteiger partial charge in [0.25, 0.3) is 0 Å². The van der Waals surface area contributed by atoms with Gasteiger partial charge in [0.15, 0.2) is 0 Å². The van der Waals surface area contributed by atoms with Crippen molar-refractivity contribution in [3.8, 4) is 11.5 Å². The van der Waals surface area contributed by atoms with Crippen LogP contribution in [0, 0.1) is 0 Å². The molecule has 0 aliphatic carbocycles. The van der Waals surface area contributed by atoms with Crippen LogP contribution in [0.15, 0.2) is 54.6 Å². The topological polar surface area (TPSA) is 18.5 Å². The van der Waals surface area contributed by atoms with E-state index in [9.17, 15) is 13.2 Å². The standard InChI is InChI=1S/C20H21F3O2/c1-2-5-16-6-10-19(11-7-16)25-20(22,23)17-8-12-18(13-9-17)24-15-4-3-14-21/h2,5-13H,3-4,14-15H2,1H3/b5-2+. The first-order valence-corrected chi connectivity index (χ1v) is 8.14. The van der Waals surface area contributed by atoms with Crippen LogP contribution in [0.4, 0.5) is 13.2 Å². The Morgan fingerprint density at radius 3 is 2.16 bits per heavy atom. The zero-order chi connectivity index (χ0) is 18.1. The van der Waals surface area contributed by atoms with Crippen LogP contribution in [-0.2, 0) is 6.11 Å². The molecule has 0 bridgehead atoms. The Kier molecular flexibility index (Phi) is 6.92. The molecule has 0 saturated carbocycles. The molecule has 0 aromatic heterocycles. The lowest BCUT2D eigenvalue weighted by Crippen LogP contribution is -2.21. The van der Waals surface area contributed by atoms with E-state index in [2.05, 4.69) is 0 Å². The van der Waals surface area contributed by atoms with Gasteiger partial charge in [-0.25, -0.2) is 0 Å². The van der Waals surface area contributed by atoms with Crippen LogP contribution in [0.25, 0.3) is 6.08 Å². The molecule has 0 amide bonds. The normalized spacial score (nSPS) is 11.7. The van der Waals surface area contributed by atoms with Crippen LogP contribution >= 0.6 is 0 Å². The van der Waals surface area contributed by atoms with Gasteiger partial charge >= 0.3 is 6.11 Å². The number of hydrogen-bond donors (Lipinski definition) is 0. The molecule has 0 unspecified atom stereocenters. The van der Waals surface area contributed by atoms with Gasteiger partial charge in [-0.05, 0) is 61.7 Å². The van der Waals surface area contributed by atoms with E-state index in [4.69, 9.17) is 9.47 Å². The summed E-state index contributed by atoms with van der Waals surface area (Å²) in [7, 11) is 0. The molecule has 0 aliphatic heterocycles. The second-order valence-electron chi connectivity index (χ2n) is 5.46. The summed E-state index contributed by atoms with van der Waals surface area (Å²) >= 11 is 0. The third-order valence-corrected chi connectivity index (χ3v) is 3.47. The van der Waals surface area contributed by atoms with Gasteiger partial charge in [-0.2, -0.15) is 8.78 Å². The Hall–Kier alpha value is -2.43. The van der Waals surface area contributed by atoms with Gasteiger partial charge in [-0.3, -0.25) is 4.39 Å². The van der Waals surface area contributed by atoms with Crippen LogP contribution < -0.4 is 9.47 Å². The molecule has 0 heterocycles. The lowest BCUT2D eigenvalue weighted by Gasteiger charge is -2.18. The zero-order valence-corrected chi connectivity index (χ0v) is 14.1. The molecule has 2 aromatic carbocycles. The second kappa shape index (κ2) is 9.16. The first kappa shape index (κ1) is 18.9. The Morgan fingerprint density at radius 1 is 0.920 bits per heavy atom. The van der Waals surface area contributed by atoms with Gasteiger partial charge in [0.1, 0.15) is 11.5 Å². The number of unbranched alkanes of at least 4 members (excludes halogenated alkanes) is 1. The molecule has 0 N–H and O–H groups in total. The van der Waals surface area contributed by atoms with Gasteiger partial charge in [0.2, 0.25) is 0 Å². The van der Waals surface area contributed by atoms with Crippen LogP contribution in [0.5, 0.6) is 11.5 Å². The summed E-state index contributed by atoms with van der Waals surface area (Å²) in [5.74, 6) is 0.555. The fraction of sp³-hybridized carbons (Fsp3) is 0.300. The predicted molar refractivity (Wildman–Crippen MR) is 92.8 cm³/mol. The van der Waals surface area contributed by atoms with E-state index in [1.165, 1.54) is 36.4 Å². The average Bonchev–Trinajstić information content (AvgIpc) is 2.61. The van der Waals surface area contributed by atoms with E-state index in [0.29, 0.717) is 25.2 Å². The summed E-state index contributed by atoms with van der Waals surface area (Å²) in [5, 5.41) is 0. The Morgan fingerprint density at radius 2 is 1.56 bits per heavy atom. The second-order valence-corrected chi connectivity index (χ2v) is 5.46. The number of benzene rings is 2. The fourth-order valence-electron chi connectivity index (χ4n) is 2.18. The van der Waals surface area contributed by atoms with Gasteiger partial charge < -0.3 is 9.47 Å². The molecule has 2 nitrogen and oxygen atoms in total. The first-order valence-electron chi connectivity index (χ1n) is 8.14. The van der Waals surface area contributed by atoms with Crippen molar-refractivity contribution in [1.29, 1.82) is 0 Å². The summed E-state index contributed by atoms with van der Waals surface area (Å²) in [4.78, 5) is 0. The average molecular weight is 350 g/mol.